The fraction of sp³-hybridized carbons (Fsp3) is 0.520. The molecule has 1 heterocycles. The zero-order valence-corrected chi connectivity index (χ0v) is 20.2. The predicted octanol–water partition coefficient (Wildman–Crippen LogP) is 5.77. The molecule has 1 fully saturated rings. The molecular formula is C25H30INO3. The van der Waals surface area contributed by atoms with Crippen LogP contribution >= 0.6 is 22.6 Å². The number of benzene rings is 1. The summed E-state index contributed by atoms with van der Waals surface area (Å²) in [5.74, 6) is -0.510. The molecule has 0 amide bonds. The monoisotopic (exact) mass is 519 g/mol. The van der Waals surface area contributed by atoms with Crippen molar-refractivity contribution in [2.45, 2.75) is 77.7 Å². The lowest BCUT2D eigenvalue weighted by Crippen LogP contribution is -2.39. The van der Waals surface area contributed by atoms with Crippen LogP contribution in [-0.2, 0) is 14.3 Å². The van der Waals surface area contributed by atoms with Gasteiger partial charge in [0.2, 0.25) is 0 Å². The third-order valence-electron chi connectivity index (χ3n) is 6.47. The Hall–Kier alpha value is -1.63. The lowest BCUT2D eigenvalue weighted by atomic mass is 9.68. The molecule has 160 valence electrons. The van der Waals surface area contributed by atoms with Crippen LogP contribution in [0.1, 0.15) is 77.2 Å². The van der Waals surface area contributed by atoms with E-state index in [1.54, 1.807) is 0 Å². The van der Waals surface area contributed by atoms with Crippen LogP contribution in [0.3, 0.4) is 0 Å². The molecule has 4 rings (SSSR count). The molecule has 0 radical (unpaired) electrons. The summed E-state index contributed by atoms with van der Waals surface area (Å²) in [5.41, 5.74) is 4.01. The van der Waals surface area contributed by atoms with Gasteiger partial charge in [-0.2, -0.15) is 0 Å². The second-order valence-electron chi connectivity index (χ2n) is 9.65. The van der Waals surface area contributed by atoms with Crippen molar-refractivity contribution in [3.05, 3.63) is 55.9 Å². The molecule has 2 aliphatic carbocycles. The molecule has 1 N–H and O–H groups in total. The highest BCUT2D eigenvalue weighted by Gasteiger charge is 2.43. The van der Waals surface area contributed by atoms with Crippen LogP contribution in [0.15, 0.2) is 46.8 Å². The van der Waals surface area contributed by atoms with Gasteiger partial charge in [0.1, 0.15) is 6.10 Å². The van der Waals surface area contributed by atoms with E-state index >= 15 is 0 Å². The summed E-state index contributed by atoms with van der Waals surface area (Å²) >= 11 is 2.29. The van der Waals surface area contributed by atoms with Gasteiger partial charge in [-0.05, 0) is 84.7 Å². The lowest BCUT2D eigenvalue weighted by molar-refractivity contribution is -0.146. The van der Waals surface area contributed by atoms with E-state index in [0.29, 0.717) is 12.0 Å². The van der Waals surface area contributed by atoms with Crippen molar-refractivity contribution in [2.24, 2.45) is 5.41 Å². The number of hydrogen-bond donors (Lipinski definition) is 1. The number of Topliss-reactive ketones (excluding diaryl/α,β-unsaturated/α-hetero) is 1. The summed E-state index contributed by atoms with van der Waals surface area (Å²) in [6.07, 6.45) is 6.58. The summed E-state index contributed by atoms with van der Waals surface area (Å²) < 4.78 is 7.06. The van der Waals surface area contributed by atoms with Gasteiger partial charge in [0, 0.05) is 32.9 Å². The second-order valence-corrected chi connectivity index (χ2v) is 10.9. The molecule has 1 atom stereocenters. The molecule has 30 heavy (non-hydrogen) atoms. The lowest BCUT2D eigenvalue weighted by Gasteiger charge is -2.39. The first-order valence-corrected chi connectivity index (χ1v) is 12.0. The first-order valence-electron chi connectivity index (χ1n) is 11.0. The SMILES string of the molecule is CC1=C(C(=O)OC2CCCCC2)C(c2cccc(I)c2)C2=C(CC(C)(C)CC2=O)N1. The van der Waals surface area contributed by atoms with Gasteiger partial charge >= 0.3 is 5.97 Å². The number of allylic oxidation sites excluding steroid dienone is 3. The van der Waals surface area contributed by atoms with Crippen molar-refractivity contribution in [3.63, 3.8) is 0 Å². The summed E-state index contributed by atoms with van der Waals surface area (Å²) in [6.45, 7) is 6.19. The molecule has 3 aliphatic rings. The summed E-state index contributed by atoms with van der Waals surface area (Å²) in [4.78, 5) is 26.7. The van der Waals surface area contributed by atoms with Crippen LogP contribution < -0.4 is 5.32 Å². The number of nitrogens with one attached hydrogen (secondary N) is 1. The average Bonchev–Trinajstić information content (AvgIpc) is 2.66. The van der Waals surface area contributed by atoms with Crippen LogP contribution in [0.2, 0.25) is 0 Å². The van der Waals surface area contributed by atoms with Gasteiger partial charge < -0.3 is 10.1 Å². The minimum atomic E-state index is -0.365. The van der Waals surface area contributed by atoms with E-state index in [1.165, 1.54) is 6.42 Å². The number of hydrogen-bond acceptors (Lipinski definition) is 4. The maximum Gasteiger partial charge on any atom is 0.337 e. The third kappa shape index (κ3) is 4.36. The molecule has 0 saturated heterocycles. The van der Waals surface area contributed by atoms with E-state index in [9.17, 15) is 9.59 Å². The minimum Gasteiger partial charge on any atom is -0.459 e. The number of esters is 1. The van der Waals surface area contributed by atoms with Gasteiger partial charge in [-0.3, -0.25) is 4.79 Å². The van der Waals surface area contributed by atoms with Crippen molar-refractivity contribution >= 4 is 34.3 Å². The largest absolute Gasteiger partial charge is 0.459 e. The predicted molar refractivity (Wildman–Crippen MR) is 126 cm³/mol. The number of carbonyl (C=O) groups excluding carboxylic acids is 2. The standard InChI is InChI=1S/C25H30INO3/c1-15-21(24(29)30-18-10-5-4-6-11-18)22(16-8-7-9-17(26)12-16)23-19(27-15)13-25(2,3)14-20(23)28/h7-9,12,18,22,27H,4-6,10-11,13-14H2,1-3H3. The van der Waals surface area contributed by atoms with E-state index in [-0.39, 0.29) is 29.2 Å². The number of ketones is 1. The first kappa shape index (κ1) is 21.6. The highest BCUT2D eigenvalue weighted by molar-refractivity contribution is 14.1. The van der Waals surface area contributed by atoms with E-state index in [4.69, 9.17) is 4.74 Å². The third-order valence-corrected chi connectivity index (χ3v) is 7.14. The molecule has 0 spiro atoms. The Morgan fingerprint density at radius 3 is 2.60 bits per heavy atom. The molecule has 1 aromatic carbocycles. The highest BCUT2D eigenvalue weighted by atomic mass is 127. The molecular weight excluding hydrogens is 489 g/mol. The van der Waals surface area contributed by atoms with Crippen molar-refractivity contribution in [1.29, 1.82) is 0 Å². The number of dihydropyridines is 1. The van der Waals surface area contributed by atoms with E-state index in [2.05, 4.69) is 47.8 Å². The fourth-order valence-electron chi connectivity index (χ4n) is 5.12. The number of rotatable bonds is 3. The van der Waals surface area contributed by atoms with Gasteiger partial charge in [0.25, 0.3) is 0 Å². The molecule has 0 aromatic heterocycles. The molecule has 1 aliphatic heterocycles. The van der Waals surface area contributed by atoms with Gasteiger partial charge in [0.05, 0.1) is 5.57 Å². The number of halogens is 1. The topological polar surface area (TPSA) is 55.4 Å². The van der Waals surface area contributed by atoms with Crippen LogP contribution in [0.5, 0.6) is 0 Å². The van der Waals surface area contributed by atoms with Crippen molar-refractivity contribution in [1.82, 2.24) is 5.32 Å². The first-order chi connectivity index (χ1) is 14.2. The molecule has 1 saturated carbocycles. The molecule has 1 unspecified atom stereocenters. The maximum absolute atomic E-state index is 13.4. The number of ether oxygens (including phenoxy) is 1. The van der Waals surface area contributed by atoms with Gasteiger partial charge in [-0.25, -0.2) is 4.79 Å². The Morgan fingerprint density at radius 1 is 1.17 bits per heavy atom. The van der Waals surface area contributed by atoms with Crippen molar-refractivity contribution in [3.8, 4) is 0 Å². The second kappa shape index (κ2) is 8.48. The van der Waals surface area contributed by atoms with Crippen molar-refractivity contribution in [2.75, 3.05) is 0 Å². The van der Waals surface area contributed by atoms with Gasteiger partial charge in [-0.1, -0.05) is 32.4 Å². The summed E-state index contributed by atoms with van der Waals surface area (Å²) in [6, 6.07) is 8.13. The Balaban J connectivity index is 1.76. The number of carbonyl (C=O) groups is 2. The fourth-order valence-corrected chi connectivity index (χ4v) is 5.69. The zero-order valence-electron chi connectivity index (χ0n) is 18.0. The zero-order chi connectivity index (χ0) is 21.5. The summed E-state index contributed by atoms with van der Waals surface area (Å²) in [5, 5.41) is 3.42. The van der Waals surface area contributed by atoms with Crippen LogP contribution in [0.4, 0.5) is 0 Å². The Labute approximate surface area is 192 Å². The van der Waals surface area contributed by atoms with E-state index < -0.39 is 0 Å². The van der Waals surface area contributed by atoms with E-state index in [1.807, 2.05) is 25.1 Å². The van der Waals surface area contributed by atoms with Crippen LogP contribution in [0.25, 0.3) is 0 Å². The Bertz CT molecular complexity index is 937. The average molecular weight is 519 g/mol. The molecule has 0 bridgehead atoms. The minimum absolute atomic E-state index is 0.0144. The maximum atomic E-state index is 13.4. The molecule has 4 nitrogen and oxygen atoms in total. The van der Waals surface area contributed by atoms with Crippen LogP contribution in [-0.4, -0.2) is 17.9 Å². The molecule has 5 heteroatoms. The Kier molecular flexibility index (Phi) is 6.11. The Morgan fingerprint density at radius 2 is 1.90 bits per heavy atom. The summed E-state index contributed by atoms with van der Waals surface area (Å²) in [7, 11) is 0. The van der Waals surface area contributed by atoms with Gasteiger partial charge in [-0.15, -0.1) is 0 Å². The van der Waals surface area contributed by atoms with Crippen LogP contribution in [0, 0.1) is 8.99 Å². The molecule has 1 aromatic rings. The smallest absolute Gasteiger partial charge is 0.337 e. The van der Waals surface area contributed by atoms with Crippen molar-refractivity contribution < 1.29 is 14.3 Å². The van der Waals surface area contributed by atoms with E-state index in [0.717, 1.165) is 58.2 Å². The normalized spacial score (nSPS) is 24.4. The van der Waals surface area contributed by atoms with Gasteiger partial charge in [0.15, 0.2) is 5.78 Å². The highest BCUT2D eigenvalue weighted by Crippen LogP contribution is 2.47. The quantitative estimate of drug-likeness (QED) is 0.407.